The first-order valence-corrected chi connectivity index (χ1v) is 4.72. The van der Waals surface area contributed by atoms with Gasteiger partial charge in [0.15, 0.2) is 0 Å². The first-order valence-electron chi connectivity index (χ1n) is 4.72. The third kappa shape index (κ3) is 3.07. The number of rotatable bonds is 2. The van der Waals surface area contributed by atoms with Crippen LogP contribution in [0.15, 0.2) is 11.8 Å². The molecule has 0 aromatic carbocycles. The molecular formula is C10H16O2. The molecule has 0 atom stereocenters. The summed E-state index contributed by atoms with van der Waals surface area (Å²) < 4.78 is 5.14. The van der Waals surface area contributed by atoms with Gasteiger partial charge < -0.3 is 4.74 Å². The van der Waals surface area contributed by atoms with Gasteiger partial charge in [0, 0.05) is 12.8 Å². The fourth-order valence-corrected chi connectivity index (χ4v) is 1.30. The van der Waals surface area contributed by atoms with Crippen LogP contribution in [-0.4, -0.2) is 5.97 Å². The number of ether oxygens (including phenoxy) is 1. The summed E-state index contributed by atoms with van der Waals surface area (Å²) in [5, 5.41) is 0. The Kier molecular flexibility index (Phi) is 3.85. The topological polar surface area (TPSA) is 26.3 Å². The van der Waals surface area contributed by atoms with Crippen molar-refractivity contribution in [1.82, 2.24) is 0 Å². The molecule has 12 heavy (non-hydrogen) atoms. The first-order chi connectivity index (χ1) is 5.83. The summed E-state index contributed by atoms with van der Waals surface area (Å²) in [7, 11) is 0. The van der Waals surface area contributed by atoms with Gasteiger partial charge in [0.25, 0.3) is 0 Å². The van der Waals surface area contributed by atoms with Crippen molar-refractivity contribution in [2.75, 3.05) is 0 Å². The predicted molar refractivity (Wildman–Crippen MR) is 47.6 cm³/mol. The molecule has 2 nitrogen and oxygen atoms in total. The SMILES string of the molecule is CCC(=O)OC1=CCCCCC1. The zero-order valence-electron chi connectivity index (χ0n) is 7.64. The van der Waals surface area contributed by atoms with Gasteiger partial charge in [0.2, 0.25) is 0 Å². The Hall–Kier alpha value is -0.790. The number of esters is 1. The molecule has 0 aliphatic heterocycles. The maximum atomic E-state index is 10.9. The van der Waals surface area contributed by atoms with Crippen LogP contribution in [-0.2, 0) is 9.53 Å². The summed E-state index contributed by atoms with van der Waals surface area (Å²) in [6.07, 6.45) is 8.16. The standard InChI is InChI=1S/C10H16O2/c1-2-10(11)12-9-7-5-3-4-6-8-9/h7H,2-6,8H2,1H3. The lowest BCUT2D eigenvalue weighted by atomic mass is 10.2. The van der Waals surface area contributed by atoms with Gasteiger partial charge in [0.05, 0.1) is 0 Å². The summed E-state index contributed by atoms with van der Waals surface area (Å²) in [4.78, 5) is 10.9. The second kappa shape index (κ2) is 4.96. The smallest absolute Gasteiger partial charge is 0.310 e. The molecule has 0 radical (unpaired) electrons. The normalized spacial score (nSPS) is 17.9. The molecule has 0 amide bonds. The highest BCUT2D eigenvalue weighted by Gasteiger charge is 2.06. The van der Waals surface area contributed by atoms with E-state index in [0.29, 0.717) is 6.42 Å². The Bertz CT molecular complexity index is 182. The van der Waals surface area contributed by atoms with E-state index >= 15 is 0 Å². The monoisotopic (exact) mass is 168 g/mol. The molecular weight excluding hydrogens is 152 g/mol. The quantitative estimate of drug-likeness (QED) is 0.592. The van der Waals surface area contributed by atoms with Crippen LogP contribution in [0.2, 0.25) is 0 Å². The molecule has 1 aliphatic rings. The fourth-order valence-electron chi connectivity index (χ4n) is 1.30. The fraction of sp³-hybridized carbons (Fsp3) is 0.700. The largest absolute Gasteiger partial charge is 0.431 e. The number of hydrogen-bond acceptors (Lipinski definition) is 2. The maximum Gasteiger partial charge on any atom is 0.310 e. The van der Waals surface area contributed by atoms with Crippen molar-refractivity contribution in [2.24, 2.45) is 0 Å². The summed E-state index contributed by atoms with van der Waals surface area (Å²) >= 11 is 0. The summed E-state index contributed by atoms with van der Waals surface area (Å²) in [6.45, 7) is 1.82. The van der Waals surface area contributed by atoms with Gasteiger partial charge in [-0.1, -0.05) is 13.3 Å². The minimum atomic E-state index is -0.108. The van der Waals surface area contributed by atoms with E-state index in [0.717, 1.165) is 25.0 Å². The van der Waals surface area contributed by atoms with E-state index in [9.17, 15) is 4.79 Å². The Balaban J connectivity index is 2.38. The molecule has 0 bridgehead atoms. The average Bonchev–Trinajstić information content (AvgIpc) is 2.33. The molecule has 0 fully saturated rings. The molecule has 0 spiro atoms. The number of allylic oxidation sites excluding steroid dienone is 2. The summed E-state index contributed by atoms with van der Waals surface area (Å²) in [5.41, 5.74) is 0. The lowest BCUT2D eigenvalue weighted by molar-refractivity contribution is -0.139. The minimum Gasteiger partial charge on any atom is -0.431 e. The third-order valence-electron chi connectivity index (χ3n) is 2.03. The molecule has 1 rings (SSSR count). The number of carbonyl (C=O) groups excluding carboxylic acids is 1. The van der Waals surface area contributed by atoms with Crippen molar-refractivity contribution in [1.29, 1.82) is 0 Å². The third-order valence-corrected chi connectivity index (χ3v) is 2.03. The van der Waals surface area contributed by atoms with Gasteiger partial charge in [0.1, 0.15) is 5.76 Å². The van der Waals surface area contributed by atoms with E-state index in [2.05, 4.69) is 6.08 Å². The predicted octanol–water partition coefficient (Wildman–Crippen LogP) is 2.79. The van der Waals surface area contributed by atoms with Crippen molar-refractivity contribution >= 4 is 5.97 Å². The molecule has 0 N–H and O–H groups in total. The van der Waals surface area contributed by atoms with Crippen molar-refractivity contribution in [3.05, 3.63) is 11.8 Å². The van der Waals surface area contributed by atoms with Crippen LogP contribution >= 0.6 is 0 Å². The Labute approximate surface area is 73.6 Å². The van der Waals surface area contributed by atoms with Crippen LogP contribution < -0.4 is 0 Å². The van der Waals surface area contributed by atoms with Gasteiger partial charge >= 0.3 is 5.97 Å². The molecule has 68 valence electrons. The van der Waals surface area contributed by atoms with E-state index in [-0.39, 0.29) is 5.97 Å². The molecule has 1 aliphatic carbocycles. The lowest BCUT2D eigenvalue weighted by Crippen LogP contribution is -2.01. The van der Waals surface area contributed by atoms with E-state index in [1.165, 1.54) is 12.8 Å². The molecule has 0 aromatic heterocycles. The number of carbonyl (C=O) groups is 1. The highest BCUT2D eigenvalue weighted by atomic mass is 16.5. The molecule has 0 saturated carbocycles. The van der Waals surface area contributed by atoms with Crippen LogP contribution in [0.5, 0.6) is 0 Å². The van der Waals surface area contributed by atoms with Crippen molar-refractivity contribution < 1.29 is 9.53 Å². The van der Waals surface area contributed by atoms with Gasteiger partial charge in [-0.25, -0.2) is 0 Å². The molecule has 0 heterocycles. The van der Waals surface area contributed by atoms with Crippen molar-refractivity contribution in [3.8, 4) is 0 Å². The van der Waals surface area contributed by atoms with Gasteiger partial charge in [-0.05, 0) is 25.3 Å². The first kappa shape index (κ1) is 9.30. The van der Waals surface area contributed by atoms with Crippen LogP contribution in [0.1, 0.15) is 45.4 Å². The van der Waals surface area contributed by atoms with E-state index in [1.807, 2.05) is 6.92 Å². The van der Waals surface area contributed by atoms with Crippen molar-refractivity contribution in [2.45, 2.75) is 45.4 Å². The van der Waals surface area contributed by atoms with Crippen LogP contribution in [0.25, 0.3) is 0 Å². The average molecular weight is 168 g/mol. The molecule has 0 saturated heterocycles. The minimum absolute atomic E-state index is 0.108. The van der Waals surface area contributed by atoms with Crippen LogP contribution in [0, 0.1) is 0 Å². The van der Waals surface area contributed by atoms with Crippen LogP contribution in [0.3, 0.4) is 0 Å². The zero-order chi connectivity index (χ0) is 8.81. The van der Waals surface area contributed by atoms with Gasteiger partial charge in [-0.15, -0.1) is 0 Å². The Morgan fingerprint density at radius 3 is 3.08 bits per heavy atom. The van der Waals surface area contributed by atoms with Crippen LogP contribution in [0.4, 0.5) is 0 Å². The van der Waals surface area contributed by atoms with E-state index < -0.39 is 0 Å². The zero-order valence-corrected chi connectivity index (χ0v) is 7.64. The molecule has 2 heteroatoms. The summed E-state index contributed by atoms with van der Waals surface area (Å²) in [5.74, 6) is 0.780. The second-order valence-electron chi connectivity index (χ2n) is 3.10. The number of hydrogen-bond donors (Lipinski definition) is 0. The molecule has 0 aromatic rings. The maximum absolute atomic E-state index is 10.9. The van der Waals surface area contributed by atoms with E-state index in [4.69, 9.17) is 4.74 Å². The van der Waals surface area contributed by atoms with Gasteiger partial charge in [-0.3, -0.25) is 4.79 Å². The highest BCUT2D eigenvalue weighted by molar-refractivity contribution is 5.70. The van der Waals surface area contributed by atoms with Crippen molar-refractivity contribution in [3.63, 3.8) is 0 Å². The molecule has 0 unspecified atom stereocenters. The second-order valence-corrected chi connectivity index (χ2v) is 3.10. The lowest BCUT2D eigenvalue weighted by Gasteiger charge is -2.04. The van der Waals surface area contributed by atoms with Gasteiger partial charge in [-0.2, -0.15) is 0 Å². The van der Waals surface area contributed by atoms with E-state index in [1.54, 1.807) is 0 Å². The highest BCUT2D eigenvalue weighted by Crippen LogP contribution is 2.18. The Morgan fingerprint density at radius 1 is 1.50 bits per heavy atom. The summed E-state index contributed by atoms with van der Waals surface area (Å²) in [6, 6.07) is 0. The Morgan fingerprint density at radius 2 is 2.33 bits per heavy atom.